The molecular weight excluding hydrogens is 266 g/mol. The van der Waals surface area contributed by atoms with E-state index in [2.05, 4.69) is 32.6 Å². The van der Waals surface area contributed by atoms with Crippen LogP contribution in [0.25, 0.3) is 0 Å². The number of hydrogen-bond acceptors (Lipinski definition) is 4. The molecule has 0 amide bonds. The maximum absolute atomic E-state index is 6.26. The van der Waals surface area contributed by atoms with Crippen molar-refractivity contribution in [3.63, 3.8) is 0 Å². The molecule has 2 rings (SSSR count). The van der Waals surface area contributed by atoms with Crippen molar-refractivity contribution in [2.75, 3.05) is 19.6 Å². The van der Waals surface area contributed by atoms with E-state index in [1.807, 2.05) is 11.3 Å². The van der Waals surface area contributed by atoms with Crippen LogP contribution in [0.5, 0.6) is 0 Å². The van der Waals surface area contributed by atoms with Crippen molar-refractivity contribution in [3.8, 4) is 0 Å². The molecule has 0 spiro atoms. The van der Waals surface area contributed by atoms with Gasteiger partial charge in [-0.1, -0.05) is 13.8 Å². The maximum Gasteiger partial charge on any atom is 0.0944 e. The molecule has 0 saturated carbocycles. The summed E-state index contributed by atoms with van der Waals surface area (Å²) in [5, 5.41) is 1.26. The molecule has 1 fully saturated rings. The molecule has 0 bridgehead atoms. The van der Waals surface area contributed by atoms with Gasteiger partial charge in [-0.15, -0.1) is 11.3 Å². The van der Waals surface area contributed by atoms with E-state index in [9.17, 15) is 0 Å². The van der Waals surface area contributed by atoms with E-state index < -0.39 is 0 Å². The van der Waals surface area contributed by atoms with Gasteiger partial charge in [0.25, 0.3) is 0 Å². The van der Waals surface area contributed by atoms with Crippen molar-refractivity contribution < 1.29 is 0 Å². The average Bonchev–Trinajstić information content (AvgIpc) is 2.80. The smallest absolute Gasteiger partial charge is 0.0944 e. The van der Waals surface area contributed by atoms with Gasteiger partial charge in [-0.2, -0.15) is 0 Å². The molecule has 2 heterocycles. The summed E-state index contributed by atoms with van der Waals surface area (Å²) in [5.41, 5.74) is 7.20. The summed E-state index contributed by atoms with van der Waals surface area (Å²) in [7, 11) is 0. The molecule has 114 valence electrons. The number of piperidine rings is 1. The van der Waals surface area contributed by atoms with E-state index in [1.165, 1.54) is 41.5 Å². The second-order valence-corrected chi connectivity index (χ2v) is 7.84. The van der Waals surface area contributed by atoms with Crippen molar-refractivity contribution in [1.29, 1.82) is 0 Å². The quantitative estimate of drug-likeness (QED) is 0.907. The minimum absolute atomic E-state index is 0.263. The van der Waals surface area contributed by atoms with Crippen LogP contribution in [0, 0.1) is 5.92 Å². The molecular formula is C16H29N3S. The van der Waals surface area contributed by atoms with Gasteiger partial charge < -0.3 is 10.6 Å². The first-order valence-corrected chi connectivity index (χ1v) is 8.72. The van der Waals surface area contributed by atoms with E-state index in [4.69, 9.17) is 10.7 Å². The maximum atomic E-state index is 6.26. The minimum Gasteiger partial charge on any atom is -0.321 e. The minimum atomic E-state index is -0.263. The molecule has 1 aromatic rings. The first-order valence-electron chi connectivity index (χ1n) is 7.90. The lowest BCUT2D eigenvalue weighted by molar-refractivity contribution is 0.186. The Morgan fingerprint density at radius 1 is 1.45 bits per heavy atom. The van der Waals surface area contributed by atoms with Crippen LogP contribution in [0.3, 0.4) is 0 Å². The topological polar surface area (TPSA) is 42.2 Å². The highest BCUT2D eigenvalue weighted by Gasteiger charge is 2.23. The van der Waals surface area contributed by atoms with Crippen LogP contribution in [0.4, 0.5) is 0 Å². The monoisotopic (exact) mass is 295 g/mol. The molecule has 1 aromatic heterocycles. The van der Waals surface area contributed by atoms with Crippen LogP contribution >= 0.6 is 11.3 Å². The highest BCUT2D eigenvalue weighted by atomic mass is 32.1. The average molecular weight is 295 g/mol. The molecule has 0 aromatic carbocycles. The van der Waals surface area contributed by atoms with Crippen molar-refractivity contribution in [2.24, 2.45) is 11.7 Å². The summed E-state index contributed by atoms with van der Waals surface area (Å²) in [4.78, 5) is 8.67. The number of nitrogens with zero attached hydrogens (tertiary/aromatic N) is 2. The van der Waals surface area contributed by atoms with Crippen LogP contribution in [0.2, 0.25) is 0 Å². The molecule has 2 N–H and O–H groups in total. The fraction of sp³-hybridized carbons (Fsp3) is 0.812. The van der Waals surface area contributed by atoms with Gasteiger partial charge in [-0.25, -0.2) is 4.98 Å². The first kappa shape index (κ1) is 15.9. The Labute approximate surface area is 127 Å². The highest BCUT2D eigenvalue weighted by molar-refractivity contribution is 7.11. The molecule has 0 aliphatic carbocycles. The van der Waals surface area contributed by atoms with Crippen LogP contribution in [0.1, 0.15) is 56.1 Å². The Hall–Kier alpha value is -0.450. The number of hydrogen-bond donors (Lipinski definition) is 1. The standard InChI is InChI=1S/C16H29N3S/c1-5-13-15(16(3,4)17)20-14(18-13)8-10-19-9-6-7-12(2)11-19/h12H,5-11,17H2,1-4H3. The third-order valence-corrected chi connectivity index (χ3v) is 5.54. The fourth-order valence-electron chi connectivity index (χ4n) is 2.99. The van der Waals surface area contributed by atoms with Gasteiger partial charge in [0.15, 0.2) is 0 Å². The SMILES string of the molecule is CCc1nc(CCN2CCCC(C)C2)sc1C(C)(C)N. The number of aryl methyl sites for hydroxylation is 1. The van der Waals surface area contributed by atoms with Crippen molar-refractivity contribution in [2.45, 2.75) is 58.9 Å². The van der Waals surface area contributed by atoms with Gasteiger partial charge in [0.1, 0.15) is 0 Å². The van der Waals surface area contributed by atoms with Gasteiger partial charge in [-0.05, 0) is 45.6 Å². The first-order chi connectivity index (χ1) is 9.40. The van der Waals surface area contributed by atoms with E-state index in [0.29, 0.717) is 0 Å². The van der Waals surface area contributed by atoms with Crippen LogP contribution in [-0.2, 0) is 18.4 Å². The number of rotatable bonds is 5. The van der Waals surface area contributed by atoms with Gasteiger partial charge in [0.05, 0.1) is 10.7 Å². The summed E-state index contributed by atoms with van der Waals surface area (Å²) in [6.45, 7) is 12.3. The Kier molecular flexibility index (Phi) is 5.21. The van der Waals surface area contributed by atoms with Gasteiger partial charge in [0.2, 0.25) is 0 Å². The molecule has 1 saturated heterocycles. The number of nitrogens with two attached hydrogens (primary N) is 1. The number of likely N-dealkylation sites (tertiary alicyclic amines) is 1. The van der Waals surface area contributed by atoms with Gasteiger partial charge in [-0.3, -0.25) is 0 Å². The lowest BCUT2D eigenvalue weighted by Crippen LogP contribution is -2.35. The summed E-state index contributed by atoms with van der Waals surface area (Å²) >= 11 is 1.82. The predicted molar refractivity (Wildman–Crippen MR) is 87.2 cm³/mol. The normalized spacial score (nSPS) is 21.4. The second kappa shape index (κ2) is 6.54. The zero-order valence-electron chi connectivity index (χ0n) is 13.4. The molecule has 1 unspecified atom stereocenters. The molecule has 0 radical (unpaired) electrons. The van der Waals surface area contributed by atoms with Gasteiger partial charge in [0, 0.05) is 29.9 Å². The molecule has 20 heavy (non-hydrogen) atoms. The summed E-state index contributed by atoms with van der Waals surface area (Å²) < 4.78 is 0. The number of aromatic nitrogens is 1. The van der Waals surface area contributed by atoms with E-state index in [-0.39, 0.29) is 5.54 Å². The Morgan fingerprint density at radius 3 is 2.75 bits per heavy atom. The fourth-order valence-corrected chi connectivity index (χ4v) is 4.15. The van der Waals surface area contributed by atoms with E-state index >= 15 is 0 Å². The summed E-state index contributed by atoms with van der Waals surface area (Å²) in [6, 6.07) is 0. The highest BCUT2D eigenvalue weighted by Crippen LogP contribution is 2.29. The zero-order valence-corrected chi connectivity index (χ0v) is 14.2. The Balaban J connectivity index is 1.98. The zero-order chi connectivity index (χ0) is 14.8. The summed E-state index contributed by atoms with van der Waals surface area (Å²) in [6.07, 6.45) is 4.78. The molecule has 4 heteroatoms. The molecule has 1 atom stereocenters. The van der Waals surface area contributed by atoms with Gasteiger partial charge >= 0.3 is 0 Å². The van der Waals surface area contributed by atoms with Crippen molar-refractivity contribution in [1.82, 2.24) is 9.88 Å². The number of thiazole rings is 1. The Bertz CT molecular complexity index is 433. The van der Waals surface area contributed by atoms with E-state index in [0.717, 1.165) is 25.3 Å². The molecule has 1 aliphatic heterocycles. The van der Waals surface area contributed by atoms with Crippen molar-refractivity contribution >= 4 is 11.3 Å². The van der Waals surface area contributed by atoms with Crippen molar-refractivity contribution in [3.05, 3.63) is 15.6 Å². The van der Waals surface area contributed by atoms with Crippen LogP contribution in [-0.4, -0.2) is 29.5 Å². The largest absolute Gasteiger partial charge is 0.321 e. The van der Waals surface area contributed by atoms with E-state index in [1.54, 1.807) is 0 Å². The van der Waals surface area contributed by atoms with Crippen LogP contribution < -0.4 is 5.73 Å². The lowest BCUT2D eigenvalue weighted by Gasteiger charge is -2.30. The summed E-state index contributed by atoms with van der Waals surface area (Å²) in [5.74, 6) is 0.852. The second-order valence-electron chi connectivity index (χ2n) is 6.76. The third kappa shape index (κ3) is 4.03. The Morgan fingerprint density at radius 2 is 2.20 bits per heavy atom. The predicted octanol–water partition coefficient (Wildman–Crippen LogP) is 3.17. The molecule has 1 aliphatic rings. The lowest BCUT2D eigenvalue weighted by atomic mass is 10.0. The molecule has 3 nitrogen and oxygen atoms in total. The van der Waals surface area contributed by atoms with Crippen LogP contribution in [0.15, 0.2) is 0 Å². The third-order valence-electron chi connectivity index (χ3n) is 4.04.